The van der Waals surface area contributed by atoms with Gasteiger partial charge in [-0.1, -0.05) is 186 Å². The molecule has 51 heavy (non-hydrogen) atoms. The SMILES string of the molecule is CCCC/C=C\C/C=C\CCCCCCCC(=O)OC(COC(=O)CCCCCCCCCCCCCCCCCCCCC)COP(=O)(O)O. The highest BCUT2D eigenvalue weighted by Gasteiger charge is 2.22. The Balaban J connectivity index is 3.87. The molecule has 1 atom stereocenters. The molecule has 0 aliphatic rings. The Hall–Kier alpha value is -1.47. The molecule has 0 fully saturated rings. The number of ether oxygens (including phenoxy) is 2. The summed E-state index contributed by atoms with van der Waals surface area (Å²) in [7, 11) is -4.75. The van der Waals surface area contributed by atoms with E-state index in [1.54, 1.807) is 0 Å². The second-order valence-electron chi connectivity index (χ2n) is 14.3. The van der Waals surface area contributed by atoms with Gasteiger partial charge in [0, 0.05) is 12.8 Å². The van der Waals surface area contributed by atoms with E-state index in [0.717, 1.165) is 64.2 Å². The first-order valence-electron chi connectivity index (χ1n) is 21.1. The standard InChI is InChI=1S/C42H79O8P/c1-3-5-7-9-11-13-15-17-19-20-21-22-23-25-26-28-30-32-34-36-41(43)48-38-40(39-49-51(45,46)47)50-42(44)37-35-33-31-29-27-24-18-16-14-12-10-8-6-4-2/h10,12,16,18,40H,3-9,11,13-15,17,19-39H2,1-2H3,(H2,45,46,47)/b12-10-,18-16-. The average Bonchev–Trinajstić information content (AvgIpc) is 3.10. The van der Waals surface area contributed by atoms with Crippen molar-refractivity contribution in [1.82, 2.24) is 0 Å². The van der Waals surface area contributed by atoms with Crippen LogP contribution in [0.15, 0.2) is 24.3 Å². The minimum Gasteiger partial charge on any atom is -0.462 e. The molecule has 1 unspecified atom stereocenters. The van der Waals surface area contributed by atoms with Crippen molar-refractivity contribution >= 4 is 19.8 Å². The second-order valence-corrected chi connectivity index (χ2v) is 15.6. The Labute approximate surface area is 313 Å². The summed E-state index contributed by atoms with van der Waals surface area (Å²) >= 11 is 0. The first-order chi connectivity index (χ1) is 24.8. The Bertz CT molecular complexity index is 884. The molecule has 2 N–H and O–H groups in total. The highest BCUT2D eigenvalue weighted by molar-refractivity contribution is 7.46. The molecule has 9 heteroatoms. The normalized spacial score (nSPS) is 12.6. The van der Waals surface area contributed by atoms with Crippen molar-refractivity contribution in [2.24, 2.45) is 0 Å². The molecule has 0 saturated carbocycles. The summed E-state index contributed by atoms with van der Waals surface area (Å²) in [5.74, 6) is -0.892. The van der Waals surface area contributed by atoms with Crippen LogP contribution in [0.4, 0.5) is 0 Å². The largest absolute Gasteiger partial charge is 0.469 e. The van der Waals surface area contributed by atoms with E-state index in [-0.39, 0.29) is 19.4 Å². The molecule has 0 saturated heterocycles. The molecule has 0 bridgehead atoms. The van der Waals surface area contributed by atoms with Crippen LogP contribution in [0.1, 0.15) is 213 Å². The summed E-state index contributed by atoms with van der Waals surface area (Å²) in [6, 6.07) is 0. The molecule has 0 spiro atoms. The van der Waals surface area contributed by atoms with Crippen molar-refractivity contribution in [2.45, 2.75) is 219 Å². The maximum Gasteiger partial charge on any atom is 0.469 e. The fourth-order valence-corrected chi connectivity index (χ4v) is 6.40. The molecule has 0 radical (unpaired) electrons. The van der Waals surface area contributed by atoms with Gasteiger partial charge in [-0.3, -0.25) is 14.1 Å². The lowest BCUT2D eigenvalue weighted by Crippen LogP contribution is -2.29. The van der Waals surface area contributed by atoms with E-state index in [1.165, 1.54) is 116 Å². The number of phosphoric ester groups is 1. The van der Waals surface area contributed by atoms with Crippen LogP contribution < -0.4 is 0 Å². The van der Waals surface area contributed by atoms with E-state index >= 15 is 0 Å². The second kappa shape index (κ2) is 38.3. The van der Waals surface area contributed by atoms with Crippen LogP contribution >= 0.6 is 7.82 Å². The smallest absolute Gasteiger partial charge is 0.462 e. The predicted octanol–water partition coefficient (Wildman–Crippen LogP) is 12.8. The number of hydrogen-bond donors (Lipinski definition) is 2. The zero-order chi connectivity index (χ0) is 37.5. The highest BCUT2D eigenvalue weighted by atomic mass is 31.2. The van der Waals surface area contributed by atoms with E-state index in [0.29, 0.717) is 6.42 Å². The number of hydrogen-bond acceptors (Lipinski definition) is 6. The summed E-state index contributed by atoms with van der Waals surface area (Å²) in [6.07, 6.45) is 43.3. The monoisotopic (exact) mass is 743 g/mol. The van der Waals surface area contributed by atoms with E-state index in [9.17, 15) is 14.2 Å². The van der Waals surface area contributed by atoms with Gasteiger partial charge in [0.25, 0.3) is 0 Å². The van der Waals surface area contributed by atoms with Crippen LogP contribution in [0.25, 0.3) is 0 Å². The summed E-state index contributed by atoms with van der Waals surface area (Å²) in [4.78, 5) is 42.8. The third-order valence-electron chi connectivity index (χ3n) is 9.22. The van der Waals surface area contributed by atoms with Crippen LogP contribution in [0.5, 0.6) is 0 Å². The van der Waals surface area contributed by atoms with Gasteiger partial charge in [0.1, 0.15) is 6.61 Å². The molecular weight excluding hydrogens is 663 g/mol. The lowest BCUT2D eigenvalue weighted by atomic mass is 10.0. The predicted molar refractivity (Wildman–Crippen MR) is 212 cm³/mol. The van der Waals surface area contributed by atoms with Crippen LogP contribution in [0, 0.1) is 0 Å². The van der Waals surface area contributed by atoms with Gasteiger partial charge >= 0.3 is 19.8 Å². The third-order valence-corrected chi connectivity index (χ3v) is 9.71. The lowest BCUT2D eigenvalue weighted by Gasteiger charge is -2.18. The molecule has 8 nitrogen and oxygen atoms in total. The number of rotatable bonds is 39. The molecule has 300 valence electrons. The Kier molecular flexibility index (Phi) is 37.2. The molecule has 0 aromatic rings. The van der Waals surface area contributed by atoms with Crippen LogP contribution in [0.2, 0.25) is 0 Å². The fourth-order valence-electron chi connectivity index (χ4n) is 6.04. The Morgan fingerprint density at radius 2 is 0.902 bits per heavy atom. The van der Waals surface area contributed by atoms with Gasteiger partial charge in [-0.05, 0) is 38.5 Å². The van der Waals surface area contributed by atoms with Crippen molar-refractivity contribution in [3.05, 3.63) is 24.3 Å². The number of unbranched alkanes of at least 4 members (excludes halogenated alkanes) is 25. The van der Waals surface area contributed by atoms with E-state index < -0.39 is 32.5 Å². The Morgan fingerprint density at radius 3 is 1.35 bits per heavy atom. The van der Waals surface area contributed by atoms with Crippen LogP contribution in [-0.4, -0.2) is 41.0 Å². The lowest BCUT2D eigenvalue weighted by molar-refractivity contribution is -0.161. The minimum atomic E-state index is -4.75. The Morgan fingerprint density at radius 1 is 0.510 bits per heavy atom. The number of allylic oxidation sites excluding steroid dienone is 4. The van der Waals surface area contributed by atoms with Gasteiger partial charge in [0.2, 0.25) is 0 Å². The first-order valence-corrected chi connectivity index (χ1v) is 22.7. The van der Waals surface area contributed by atoms with E-state index in [2.05, 4.69) is 42.7 Å². The van der Waals surface area contributed by atoms with Gasteiger partial charge in [-0.15, -0.1) is 0 Å². The van der Waals surface area contributed by atoms with Gasteiger partial charge < -0.3 is 19.3 Å². The number of phosphoric acid groups is 1. The van der Waals surface area contributed by atoms with Gasteiger partial charge in [0.15, 0.2) is 6.10 Å². The topological polar surface area (TPSA) is 119 Å². The molecule has 0 aliphatic carbocycles. The zero-order valence-electron chi connectivity index (χ0n) is 33.0. The highest BCUT2D eigenvalue weighted by Crippen LogP contribution is 2.36. The van der Waals surface area contributed by atoms with Crippen molar-refractivity contribution in [1.29, 1.82) is 0 Å². The van der Waals surface area contributed by atoms with Gasteiger partial charge in [-0.2, -0.15) is 0 Å². The molecule has 0 amide bonds. The zero-order valence-corrected chi connectivity index (χ0v) is 33.9. The maximum absolute atomic E-state index is 12.4. The molecule has 0 aliphatic heterocycles. The fraction of sp³-hybridized carbons (Fsp3) is 0.857. The average molecular weight is 743 g/mol. The summed E-state index contributed by atoms with van der Waals surface area (Å²) in [5, 5.41) is 0. The van der Waals surface area contributed by atoms with E-state index in [1.807, 2.05) is 0 Å². The molecule has 0 heterocycles. The molecular formula is C42H79O8P. The van der Waals surface area contributed by atoms with E-state index in [4.69, 9.17) is 19.3 Å². The first kappa shape index (κ1) is 49.5. The number of esters is 2. The van der Waals surface area contributed by atoms with Crippen LogP contribution in [-0.2, 0) is 28.2 Å². The van der Waals surface area contributed by atoms with Gasteiger partial charge in [-0.25, -0.2) is 4.57 Å². The molecule has 0 aromatic carbocycles. The number of carbonyl (C=O) groups is 2. The van der Waals surface area contributed by atoms with Crippen molar-refractivity contribution in [3.63, 3.8) is 0 Å². The summed E-state index contributed by atoms with van der Waals surface area (Å²) < 4.78 is 26.4. The van der Waals surface area contributed by atoms with Crippen LogP contribution in [0.3, 0.4) is 0 Å². The summed E-state index contributed by atoms with van der Waals surface area (Å²) in [5.41, 5.74) is 0. The summed E-state index contributed by atoms with van der Waals surface area (Å²) in [6.45, 7) is 3.65. The molecule has 0 rings (SSSR count). The number of carbonyl (C=O) groups excluding carboxylic acids is 2. The maximum atomic E-state index is 12.4. The van der Waals surface area contributed by atoms with Crippen molar-refractivity contribution in [3.8, 4) is 0 Å². The molecule has 0 aromatic heterocycles. The van der Waals surface area contributed by atoms with Crippen molar-refractivity contribution < 1.29 is 37.9 Å². The van der Waals surface area contributed by atoms with Gasteiger partial charge in [0.05, 0.1) is 6.61 Å². The quantitative estimate of drug-likeness (QED) is 0.0276. The third kappa shape index (κ3) is 41.2. The minimum absolute atomic E-state index is 0.198. The van der Waals surface area contributed by atoms with Crippen molar-refractivity contribution in [2.75, 3.05) is 13.2 Å².